The Labute approximate surface area is 108 Å². The van der Waals surface area contributed by atoms with Crippen LogP contribution in [-0.4, -0.2) is 11.1 Å². The summed E-state index contributed by atoms with van der Waals surface area (Å²) < 4.78 is 5.61. The first kappa shape index (κ1) is 12.4. The van der Waals surface area contributed by atoms with Gasteiger partial charge in [-0.2, -0.15) is 0 Å². The van der Waals surface area contributed by atoms with Gasteiger partial charge in [-0.3, -0.25) is 4.98 Å². The van der Waals surface area contributed by atoms with Gasteiger partial charge in [0.25, 0.3) is 0 Å². The average molecular weight is 242 g/mol. The lowest BCUT2D eigenvalue weighted by Gasteiger charge is -2.10. The maximum absolute atomic E-state index is 5.90. The number of pyridine rings is 1. The molecule has 0 spiro atoms. The van der Waals surface area contributed by atoms with Crippen LogP contribution in [0, 0.1) is 0 Å². The third-order valence-corrected chi connectivity index (χ3v) is 2.63. The standard InChI is InChI=1S/C15H18N2O/c1-11(2)18-14-5-3-12(4-6-14)9-13-10-17-8-7-15(13)16/h3-8,10-11H,9H2,1-2H3,(H2,16,17). The SMILES string of the molecule is CC(C)Oc1ccc(Cc2cnccc2N)cc1. The Morgan fingerprint density at radius 3 is 2.50 bits per heavy atom. The van der Waals surface area contributed by atoms with Gasteiger partial charge in [0.15, 0.2) is 0 Å². The van der Waals surface area contributed by atoms with E-state index < -0.39 is 0 Å². The zero-order valence-electron chi connectivity index (χ0n) is 10.8. The normalized spacial score (nSPS) is 10.6. The largest absolute Gasteiger partial charge is 0.491 e. The van der Waals surface area contributed by atoms with Crippen LogP contribution in [-0.2, 0) is 6.42 Å². The molecule has 2 rings (SSSR count). The van der Waals surface area contributed by atoms with Gasteiger partial charge in [0, 0.05) is 24.5 Å². The van der Waals surface area contributed by atoms with Gasteiger partial charge >= 0.3 is 0 Å². The molecule has 0 unspecified atom stereocenters. The van der Waals surface area contributed by atoms with Crippen LogP contribution in [0.25, 0.3) is 0 Å². The van der Waals surface area contributed by atoms with Crippen LogP contribution < -0.4 is 10.5 Å². The number of nitrogens with zero attached hydrogens (tertiary/aromatic N) is 1. The second-order valence-electron chi connectivity index (χ2n) is 4.56. The highest BCUT2D eigenvalue weighted by Crippen LogP contribution is 2.18. The first-order valence-electron chi connectivity index (χ1n) is 6.09. The van der Waals surface area contributed by atoms with E-state index in [2.05, 4.69) is 17.1 Å². The zero-order valence-corrected chi connectivity index (χ0v) is 10.8. The predicted molar refractivity (Wildman–Crippen MR) is 73.7 cm³/mol. The maximum Gasteiger partial charge on any atom is 0.119 e. The fourth-order valence-corrected chi connectivity index (χ4v) is 1.76. The summed E-state index contributed by atoms with van der Waals surface area (Å²) in [6.07, 6.45) is 4.51. The van der Waals surface area contributed by atoms with Crippen molar-refractivity contribution in [3.8, 4) is 5.75 Å². The van der Waals surface area contributed by atoms with Gasteiger partial charge in [0.1, 0.15) is 5.75 Å². The molecule has 18 heavy (non-hydrogen) atoms. The number of nitrogen functional groups attached to an aromatic ring is 1. The van der Waals surface area contributed by atoms with Gasteiger partial charge in [-0.15, -0.1) is 0 Å². The lowest BCUT2D eigenvalue weighted by atomic mass is 10.1. The average Bonchev–Trinajstić information content (AvgIpc) is 2.34. The second kappa shape index (κ2) is 5.54. The molecule has 1 heterocycles. The molecule has 0 atom stereocenters. The highest BCUT2D eigenvalue weighted by molar-refractivity contribution is 5.47. The molecule has 94 valence electrons. The first-order chi connectivity index (χ1) is 8.65. The molecule has 0 radical (unpaired) electrons. The van der Waals surface area contributed by atoms with E-state index in [1.165, 1.54) is 5.56 Å². The van der Waals surface area contributed by atoms with Gasteiger partial charge in [-0.05, 0) is 43.2 Å². The van der Waals surface area contributed by atoms with Crippen molar-refractivity contribution in [3.63, 3.8) is 0 Å². The van der Waals surface area contributed by atoms with Crippen molar-refractivity contribution in [2.75, 3.05) is 5.73 Å². The monoisotopic (exact) mass is 242 g/mol. The van der Waals surface area contributed by atoms with Gasteiger partial charge in [-0.25, -0.2) is 0 Å². The van der Waals surface area contributed by atoms with Crippen molar-refractivity contribution in [3.05, 3.63) is 53.9 Å². The van der Waals surface area contributed by atoms with Crippen LogP contribution in [0.4, 0.5) is 5.69 Å². The quantitative estimate of drug-likeness (QED) is 0.896. The minimum Gasteiger partial charge on any atom is -0.491 e. The van der Waals surface area contributed by atoms with Crippen LogP contribution in [0.3, 0.4) is 0 Å². The summed E-state index contributed by atoms with van der Waals surface area (Å²) in [5, 5.41) is 0. The lowest BCUT2D eigenvalue weighted by molar-refractivity contribution is 0.242. The van der Waals surface area contributed by atoms with Crippen molar-refractivity contribution >= 4 is 5.69 Å². The third-order valence-electron chi connectivity index (χ3n) is 2.63. The number of aromatic nitrogens is 1. The van der Waals surface area contributed by atoms with E-state index in [0.29, 0.717) is 0 Å². The van der Waals surface area contributed by atoms with E-state index in [1.807, 2.05) is 38.2 Å². The first-order valence-corrected chi connectivity index (χ1v) is 6.09. The molecule has 1 aromatic carbocycles. The number of rotatable bonds is 4. The molecule has 0 aliphatic heterocycles. The second-order valence-corrected chi connectivity index (χ2v) is 4.56. The Morgan fingerprint density at radius 1 is 1.17 bits per heavy atom. The summed E-state index contributed by atoms with van der Waals surface area (Å²) in [4.78, 5) is 4.09. The lowest BCUT2D eigenvalue weighted by Crippen LogP contribution is -2.05. The van der Waals surface area contributed by atoms with E-state index in [0.717, 1.165) is 23.4 Å². The zero-order chi connectivity index (χ0) is 13.0. The van der Waals surface area contributed by atoms with Crippen LogP contribution >= 0.6 is 0 Å². The van der Waals surface area contributed by atoms with Crippen LogP contribution in [0.5, 0.6) is 5.75 Å². The fraction of sp³-hybridized carbons (Fsp3) is 0.267. The van der Waals surface area contributed by atoms with Crippen LogP contribution in [0.15, 0.2) is 42.7 Å². The highest BCUT2D eigenvalue weighted by atomic mass is 16.5. The highest BCUT2D eigenvalue weighted by Gasteiger charge is 2.02. The molecular weight excluding hydrogens is 224 g/mol. The molecule has 0 saturated carbocycles. The maximum atomic E-state index is 5.90. The van der Waals surface area contributed by atoms with Crippen molar-refractivity contribution in [1.82, 2.24) is 4.98 Å². The minimum atomic E-state index is 0.199. The molecular formula is C15H18N2O. The number of ether oxygens (including phenoxy) is 1. The van der Waals surface area contributed by atoms with Crippen molar-refractivity contribution in [1.29, 1.82) is 0 Å². The topological polar surface area (TPSA) is 48.1 Å². The number of hydrogen-bond donors (Lipinski definition) is 1. The number of benzene rings is 1. The Bertz CT molecular complexity index is 506. The van der Waals surface area contributed by atoms with Gasteiger partial charge in [-0.1, -0.05) is 12.1 Å². The van der Waals surface area contributed by atoms with E-state index in [1.54, 1.807) is 6.20 Å². The van der Waals surface area contributed by atoms with Crippen molar-refractivity contribution < 1.29 is 4.74 Å². The summed E-state index contributed by atoms with van der Waals surface area (Å²) in [7, 11) is 0. The molecule has 2 N–H and O–H groups in total. The number of nitrogens with two attached hydrogens (primary N) is 1. The molecule has 0 bridgehead atoms. The number of hydrogen-bond acceptors (Lipinski definition) is 3. The summed E-state index contributed by atoms with van der Waals surface area (Å²) in [5.74, 6) is 0.896. The Hall–Kier alpha value is -2.03. The minimum absolute atomic E-state index is 0.199. The smallest absolute Gasteiger partial charge is 0.119 e. The predicted octanol–water partition coefficient (Wildman–Crippen LogP) is 3.04. The van der Waals surface area contributed by atoms with Crippen LogP contribution in [0.2, 0.25) is 0 Å². The summed E-state index contributed by atoms with van der Waals surface area (Å²) in [6.45, 7) is 4.04. The molecule has 0 aliphatic rings. The summed E-state index contributed by atoms with van der Waals surface area (Å²) in [6, 6.07) is 9.92. The Kier molecular flexibility index (Phi) is 3.82. The van der Waals surface area contributed by atoms with E-state index in [4.69, 9.17) is 10.5 Å². The Morgan fingerprint density at radius 2 is 1.89 bits per heavy atom. The summed E-state index contributed by atoms with van der Waals surface area (Å²) >= 11 is 0. The number of anilines is 1. The molecule has 3 nitrogen and oxygen atoms in total. The Balaban J connectivity index is 2.09. The molecule has 2 aromatic rings. The molecule has 0 saturated heterocycles. The molecule has 3 heteroatoms. The van der Waals surface area contributed by atoms with Gasteiger partial charge in [0.2, 0.25) is 0 Å². The van der Waals surface area contributed by atoms with E-state index >= 15 is 0 Å². The van der Waals surface area contributed by atoms with Crippen LogP contribution in [0.1, 0.15) is 25.0 Å². The summed E-state index contributed by atoms with van der Waals surface area (Å²) in [5.41, 5.74) is 8.93. The van der Waals surface area contributed by atoms with Crippen molar-refractivity contribution in [2.24, 2.45) is 0 Å². The molecule has 0 aliphatic carbocycles. The molecule has 0 fully saturated rings. The van der Waals surface area contributed by atoms with Gasteiger partial charge < -0.3 is 10.5 Å². The van der Waals surface area contributed by atoms with E-state index in [9.17, 15) is 0 Å². The third kappa shape index (κ3) is 3.23. The molecule has 1 aromatic heterocycles. The van der Waals surface area contributed by atoms with Crippen molar-refractivity contribution in [2.45, 2.75) is 26.4 Å². The molecule has 0 amide bonds. The van der Waals surface area contributed by atoms with Gasteiger partial charge in [0.05, 0.1) is 6.10 Å². The fourth-order valence-electron chi connectivity index (χ4n) is 1.76. The van der Waals surface area contributed by atoms with E-state index in [-0.39, 0.29) is 6.10 Å².